The molecule has 126 valence electrons. The third-order valence-corrected chi connectivity index (χ3v) is 5.04. The van der Waals surface area contributed by atoms with Gasteiger partial charge in [0.25, 0.3) is 9.05 Å². The van der Waals surface area contributed by atoms with Crippen molar-refractivity contribution in [3.63, 3.8) is 0 Å². The largest absolute Gasteiger partial charge is 0.354 e. The first-order chi connectivity index (χ1) is 11.3. The summed E-state index contributed by atoms with van der Waals surface area (Å²) in [5.41, 5.74) is 1.92. The lowest BCUT2D eigenvalue weighted by molar-refractivity contribution is -0.117. The summed E-state index contributed by atoms with van der Waals surface area (Å²) in [4.78, 5) is 11.9. The van der Waals surface area contributed by atoms with Crippen molar-refractivity contribution in [2.75, 3.05) is 5.32 Å². The fourth-order valence-electron chi connectivity index (χ4n) is 2.14. The minimum absolute atomic E-state index is 0.0207. The summed E-state index contributed by atoms with van der Waals surface area (Å²) < 4.78 is 27.7. The number of benzene rings is 1. The Morgan fingerprint density at radius 1 is 1.29 bits per heavy atom. The molecule has 0 radical (unpaired) electrons. The third kappa shape index (κ3) is 3.85. The van der Waals surface area contributed by atoms with Crippen molar-refractivity contribution in [3.05, 3.63) is 41.3 Å². The number of hydrogen-bond acceptors (Lipinski definition) is 5. The molecular weight excluding hydrogens is 352 g/mol. The molecule has 1 aromatic carbocycles. The predicted molar refractivity (Wildman–Crippen MR) is 91.0 cm³/mol. The molecule has 2 aromatic rings. The Balaban J connectivity index is 1.78. The lowest BCUT2D eigenvalue weighted by Crippen LogP contribution is -2.14. The monoisotopic (exact) mass is 366 g/mol. The number of carbonyl (C=O) groups excluding carboxylic acids is 1. The summed E-state index contributed by atoms with van der Waals surface area (Å²) in [7, 11) is 1.54. The highest BCUT2D eigenvalue weighted by atomic mass is 35.7. The molecule has 0 saturated heterocycles. The van der Waals surface area contributed by atoms with Crippen molar-refractivity contribution in [2.45, 2.75) is 24.7 Å². The first-order valence-electron chi connectivity index (χ1n) is 7.34. The Hall–Kier alpha value is -2.12. The Bertz CT molecular complexity index is 897. The zero-order valence-electron chi connectivity index (χ0n) is 12.8. The fraction of sp³-hybridized carbons (Fsp3) is 0.250. The molecule has 1 amide bonds. The van der Waals surface area contributed by atoms with Gasteiger partial charge in [0, 0.05) is 16.6 Å². The van der Waals surface area contributed by atoms with E-state index in [0.29, 0.717) is 17.1 Å². The molecule has 0 spiro atoms. The van der Waals surface area contributed by atoms with E-state index in [9.17, 15) is 13.2 Å². The van der Waals surface area contributed by atoms with Crippen molar-refractivity contribution in [3.8, 4) is 0 Å². The molecule has 3 rings (SSSR count). The summed E-state index contributed by atoms with van der Waals surface area (Å²) in [6.45, 7) is 1.75. The molecular formula is C16H15ClN2O4S. The maximum Gasteiger partial charge on any atom is 0.261 e. The molecule has 24 heavy (non-hydrogen) atoms. The SMILES string of the molecule is Cc1noc(/C=C/c2ccc(S(=O)(=O)Cl)cc2)c1NC(=O)C1CC1. The van der Waals surface area contributed by atoms with Crippen LogP contribution in [0.1, 0.15) is 29.9 Å². The van der Waals surface area contributed by atoms with Gasteiger partial charge >= 0.3 is 0 Å². The molecule has 1 saturated carbocycles. The first kappa shape index (κ1) is 16.7. The highest BCUT2D eigenvalue weighted by molar-refractivity contribution is 8.13. The van der Waals surface area contributed by atoms with E-state index in [-0.39, 0.29) is 16.7 Å². The standard InChI is InChI=1S/C16H15ClN2O4S/c1-10-15(18-16(20)12-5-6-12)14(23-19-10)9-4-11-2-7-13(8-3-11)24(17,21)22/h2-4,7-9,12H,5-6H2,1H3,(H,18,20)/b9-4+. The number of amides is 1. The van der Waals surface area contributed by atoms with Crippen LogP contribution in [-0.4, -0.2) is 19.5 Å². The van der Waals surface area contributed by atoms with Crippen LogP contribution >= 0.6 is 10.7 Å². The second-order valence-corrected chi connectivity index (χ2v) is 8.18. The second kappa shape index (κ2) is 6.41. The second-order valence-electron chi connectivity index (χ2n) is 5.61. The molecule has 1 N–H and O–H groups in total. The van der Waals surface area contributed by atoms with Crippen LogP contribution in [-0.2, 0) is 13.8 Å². The van der Waals surface area contributed by atoms with Gasteiger partial charge in [-0.2, -0.15) is 0 Å². The number of halogens is 1. The van der Waals surface area contributed by atoms with Crippen LogP contribution < -0.4 is 5.32 Å². The van der Waals surface area contributed by atoms with E-state index in [1.54, 1.807) is 31.2 Å². The molecule has 1 aliphatic carbocycles. The highest BCUT2D eigenvalue weighted by Gasteiger charge is 2.30. The average Bonchev–Trinajstić information content (AvgIpc) is 3.32. The molecule has 1 fully saturated rings. The number of anilines is 1. The van der Waals surface area contributed by atoms with Gasteiger partial charge in [-0.1, -0.05) is 23.4 Å². The minimum Gasteiger partial charge on any atom is -0.354 e. The van der Waals surface area contributed by atoms with Gasteiger partial charge in [0.1, 0.15) is 11.4 Å². The van der Waals surface area contributed by atoms with Gasteiger partial charge < -0.3 is 9.84 Å². The molecule has 0 bridgehead atoms. The summed E-state index contributed by atoms with van der Waals surface area (Å²) in [6.07, 6.45) is 5.23. The summed E-state index contributed by atoms with van der Waals surface area (Å²) in [6, 6.07) is 6.09. The van der Waals surface area contributed by atoms with E-state index in [0.717, 1.165) is 18.4 Å². The summed E-state index contributed by atoms with van der Waals surface area (Å²) in [5, 5.41) is 6.71. The zero-order chi connectivity index (χ0) is 17.3. The number of hydrogen-bond donors (Lipinski definition) is 1. The number of nitrogens with one attached hydrogen (secondary N) is 1. The van der Waals surface area contributed by atoms with E-state index >= 15 is 0 Å². The van der Waals surface area contributed by atoms with Crippen LogP contribution in [0.25, 0.3) is 12.2 Å². The van der Waals surface area contributed by atoms with Crippen LogP contribution in [0.3, 0.4) is 0 Å². The maximum absolute atomic E-state index is 11.9. The lowest BCUT2D eigenvalue weighted by atomic mass is 10.2. The van der Waals surface area contributed by atoms with Gasteiger partial charge in [-0.25, -0.2) is 8.42 Å². The van der Waals surface area contributed by atoms with Crippen molar-refractivity contribution < 1.29 is 17.7 Å². The third-order valence-electron chi connectivity index (χ3n) is 3.67. The number of rotatable bonds is 5. The number of aryl methyl sites for hydroxylation is 1. The Morgan fingerprint density at radius 2 is 1.96 bits per heavy atom. The quantitative estimate of drug-likeness (QED) is 0.819. The van der Waals surface area contributed by atoms with Crippen molar-refractivity contribution >= 4 is 43.5 Å². The van der Waals surface area contributed by atoms with Gasteiger partial charge in [0.05, 0.1) is 4.90 Å². The minimum atomic E-state index is -3.73. The molecule has 0 atom stereocenters. The molecule has 1 heterocycles. The molecule has 6 nitrogen and oxygen atoms in total. The van der Waals surface area contributed by atoms with E-state index in [1.807, 2.05) is 0 Å². The van der Waals surface area contributed by atoms with Crippen LogP contribution in [0.2, 0.25) is 0 Å². The van der Waals surface area contributed by atoms with Crippen LogP contribution in [0.4, 0.5) is 5.69 Å². The number of aromatic nitrogens is 1. The Morgan fingerprint density at radius 3 is 2.54 bits per heavy atom. The smallest absolute Gasteiger partial charge is 0.261 e. The number of carbonyl (C=O) groups is 1. The molecule has 1 aromatic heterocycles. The van der Waals surface area contributed by atoms with Gasteiger partial charge in [-0.05, 0) is 43.5 Å². The molecule has 1 aliphatic rings. The fourth-order valence-corrected chi connectivity index (χ4v) is 2.91. The lowest BCUT2D eigenvalue weighted by Gasteiger charge is -2.02. The molecule has 0 aliphatic heterocycles. The topological polar surface area (TPSA) is 89.3 Å². The van der Waals surface area contributed by atoms with Gasteiger partial charge in [-0.3, -0.25) is 4.79 Å². The van der Waals surface area contributed by atoms with E-state index < -0.39 is 9.05 Å². The Kier molecular flexibility index (Phi) is 4.47. The number of nitrogens with zero attached hydrogens (tertiary/aromatic N) is 1. The summed E-state index contributed by atoms with van der Waals surface area (Å²) >= 11 is 0. The van der Waals surface area contributed by atoms with E-state index in [2.05, 4.69) is 10.5 Å². The van der Waals surface area contributed by atoms with Crippen molar-refractivity contribution in [1.29, 1.82) is 0 Å². The Labute approximate surface area is 143 Å². The van der Waals surface area contributed by atoms with Crippen LogP contribution in [0, 0.1) is 12.8 Å². The van der Waals surface area contributed by atoms with Gasteiger partial charge in [0.2, 0.25) is 5.91 Å². The van der Waals surface area contributed by atoms with Gasteiger partial charge in [-0.15, -0.1) is 0 Å². The van der Waals surface area contributed by atoms with Gasteiger partial charge in [0.15, 0.2) is 5.76 Å². The molecule has 0 unspecified atom stereocenters. The van der Waals surface area contributed by atoms with E-state index in [1.165, 1.54) is 12.1 Å². The van der Waals surface area contributed by atoms with Crippen LogP contribution in [0.5, 0.6) is 0 Å². The van der Waals surface area contributed by atoms with Crippen molar-refractivity contribution in [2.24, 2.45) is 5.92 Å². The first-order valence-corrected chi connectivity index (χ1v) is 9.65. The zero-order valence-corrected chi connectivity index (χ0v) is 14.4. The normalized spacial score (nSPS) is 14.9. The predicted octanol–water partition coefficient (Wildman–Crippen LogP) is 3.43. The molecule has 8 heteroatoms. The summed E-state index contributed by atoms with van der Waals surface area (Å²) in [5.74, 6) is 0.504. The highest BCUT2D eigenvalue weighted by Crippen LogP contribution is 2.32. The van der Waals surface area contributed by atoms with Crippen LogP contribution in [0.15, 0.2) is 33.7 Å². The maximum atomic E-state index is 11.9. The van der Waals surface area contributed by atoms with Crippen molar-refractivity contribution in [1.82, 2.24) is 5.16 Å². The average molecular weight is 367 g/mol. The van der Waals surface area contributed by atoms with E-state index in [4.69, 9.17) is 15.2 Å².